The fourth-order valence-electron chi connectivity index (χ4n) is 3.07. The molecule has 6 nitrogen and oxygen atoms in total. The highest BCUT2D eigenvalue weighted by Crippen LogP contribution is 2.19. The molecule has 2 unspecified atom stereocenters. The molecule has 2 N–H and O–H groups in total. The van der Waals surface area contributed by atoms with Crippen LogP contribution in [-0.4, -0.2) is 48.8 Å². The third-order valence-corrected chi connectivity index (χ3v) is 6.48. The van der Waals surface area contributed by atoms with Gasteiger partial charge in [-0.25, -0.2) is 8.42 Å². The first-order chi connectivity index (χ1) is 13.2. The average Bonchev–Trinajstić information content (AvgIpc) is 2.61. The lowest BCUT2D eigenvalue weighted by molar-refractivity contribution is -0.137. The van der Waals surface area contributed by atoms with Crippen molar-refractivity contribution in [1.82, 2.24) is 0 Å². The van der Waals surface area contributed by atoms with Gasteiger partial charge >= 0.3 is 5.97 Å². The van der Waals surface area contributed by atoms with E-state index in [0.717, 1.165) is 24.8 Å². The Labute approximate surface area is 168 Å². The highest BCUT2D eigenvalue weighted by molar-refractivity contribution is 7.91. The Morgan fingerprint density at radius 1 is 1.00 bits per heavy atom. The number of rotatable bonds is 15. The van der Waals surface area contributed by atoms with Gasteiger partial charge in [0.15, 0.2) is 0 Å². The summed E-state index contributed by atoms with van der Waals surface area (Å²) in [5, 5.41) is 18.3. The van der Waals surface area contributed by atoms with E-state index < -0.39 is 27.2 Å². The maximum atomic E-state index is 12.0. The maximum Gasteiger partial charge on any atom is 0.303 e. The summed E-state index contributed by atoms with van der Waals surface area (Å²) in [7, 11) is -3.14. The molecule has 0 amide bonds. The second-order valence-corrected chi connectivity index (χ2v) is 9.83. The van der Waals surface area contributed by atoms with Crippen LogP contribution >= 0.6 is 0 Å². The maximum absolute atomic E-state index is 12.0. The molecule has 0 saturated carbocycles. The molecule has 0 heterocycles. The standard InChI is InChI=1S/C21H34O6S/c1-17-12-14-19(15-13-17)27-16-18(22)8-7-10-20(28(2,25)26)9-5-3-4-6-11-21(23)24/h12-15,18,20,22H,3-11,16H2,1-2H3,(H,23,24). The summed E-state index contributed by atoms with van der Waals surface area (Å²) in [4.78, 5) is 10.5. The zero-order chi connectivity index (χ0) is 21.0. The van der Waals surface area contributed by atoms with Crippen molar-refractivity contribution >= 4 is 15.8 Å². The molecule has 0 aliphatic rings. The SMILES string of the molecule is Cc1ccc(OCC(O)CCCC(CCCCCCC(=O)O)S(C)(=O)=O)cc1. The van der Waals surface area contributed by atoms with Crippen molar-refractivity contribution < 1.29 is 28.2 Å². The highest BCUT2D eigenvalue weighted by atomic mass is 32.2. The van der Waals surface area contributed by atoms with Crippen molar-refractivity contribution in [2.45, 2.75) is 76.1 Å². The Morgan fingerprint density at radius 2 is 1.61 bits per heavy atom. The van der Waals surface area contributed by atoms with Gasteiger partial charge < -0.3 is 14.9 Å². The first-order valence-electron chi connectivity index (χ1n) is 9.96. The van der Waals surface area contributed by atoms with Crippen LogP contribution in [0.25, 0.3) is 0 Å². The van der Waals surface area contributed by atoms with Gasteiger partial charge in [-0.15, -0.1) is 0 Å². The Hall–Kier alpha value is -1.60. The summed E-state index contributed by atoms with van der Waals surface area (Å²) in [6.45, 7) is 2.18. The number of aliphatic hydroxyl groups excluding tert-OH is 1. The first-order valence-corrected chi connectivity index (χ1v) is 11.9. The topological polar surface area (TPSA) is 101 Å². The number of aliphatic carboxylic acids is 1. The minimum absolute atomic E-state index is 0.165. The van der Waals surface area contributed by atoms with Crippen LogP contribution < -0.4 is 4.74 Å². The fourth-order valence-corrected chi connectivity index (χ4v) is 4.26. The molecule has 0 aromatic heterocycles. The number of ether oxygens (including phenoxy) is 1. The van der Waals surface area contributed by atoms with Crippen LogP contribution in [0.2, 0.25) is 0 Å². The summed E-state index contributed by atoms with van der Waals surface area (Å²) >= 11 is 0. The second-order valence-electron chi connectivity index (χ2n) is 7.51. The van der Waals surface area contributed by atoms with Crippen LogP contribution in [0.5, 0.6) is 5.75 Å². The van der Waals surface area contributed by atoms with Gasteiger partial charge in [0.2, 0.25) is 0 Å². The molecule has 0 aliphatic heterocycles. The molecule has 1 aromatic carbocycles. The van der Waals surface area contributed by atoms with Crippen molar-refractivity contribution in [3.63, 3.8) is 0 Å². The van der Waals surface area contributed by atoms with E-state index >= 15 is 0 Å². The third kappa shape index (κ3) is 11.3. The van der Waals surface area contributed by atoms with E-state index in [4.69, 9.17) is 9.84 Å². The molecule has 0 spiro atoms. The number of sulfone groups is 1. The lowest BCUT2D eigenvalue weighted by Crippen LogP contribution is -2.22. The van der Waals surface area contributed by atoms with Gasteiger partial charge in [0.25, 0.3) is 0 Å². The van der Waals surface area contributed by atoms with Crippen LogP contribution in [-0.2, 0) is 14.6 Å². The summed E-state index contributed by atoms with van der Waals surface area (Å²) < 4.78 is 29.5. The summed E-state index contributed by atoms with van der Waals surface area (Å²) in [5.41, 5.74) is 1.14. The van der Waals surface area contributed by atoms with Crippen molar-refractivity contribution in [1.29, 1.82) is 0 Å². The average molecular weight is 415 g/mol. The molecule has 7 heteroatoms. The normalized spacial score (nSPS) is 13.8. The Kier molecular flexibility index (Phi) is 11.2. The predicted molar refractivity (Wildman–Crippen MR) is 111 cm³/mol. The molecule has 0 fully saturated rings. The largest absolute Gasteiger partial charge is 0.491 e. The van der Waals surface area contributed by atoms with E-state index in [1.807, 2.05) is 31.2 Å². The van der Waals surface area contributed by atoms with Gasteiger partial charge in [-0.3, -0.25) is 4.79 Å². The number of unbranched alkanes of at least 4 members (excludes halogenated alkanes) is 3. The number of carbonyl (C=O) groups is 1. The van der Waals surface area contributed by atoms with Crippen molar-refractivity contribution in [3.8, 4) is 5.75 Å². The van der Waals surface area contributed by atoms with Crippen LogP contribution in [0.4, 0.5) is 0 Å². The van der Waals surface area contributed by atoms with Gasteiger partial charge in [0.05, 0.1) is 11.4 Å². The lowest BCUT2D eigenvalue weighted by atomic mass is 10.0. The van der Waals surface area contributed by atoms with Crippen LogP contribution in [0.3, 0.4) is 0 Å². The van der Waals surface area contributed by atoms with Crippen molar-refractivity contribution in [2.24, 2.45) is 0 Å². The van der Waals surface area contributed by atoms with E-state index in [1.54, 1.807) is 0 Å². The summed E-state index contributed by atoms with van der Waals surface area (Å²) in [6.07, 6.45) is 6.07. The quantitative estimate of drug-likeness (QED) is 0.424. The zero-order valence-electron chi connectivity index (χ0n) is 17.0. The molecule has 0 saturated heterocycles. The highest BCUT2D eigenvalue weighted by Gasteiger charge is 2.20. The molecular formula is C21H34O6S. The molecule has 0 aliphatic carbocycles. The molecule has 28 heavy (non-hydrogen) atoms. The molecule has 2 atom stereocenters. The monoisotopic (exact) mass is 414 g/mol. The number of hydrogen-bond donors (Lipinski definition) is 2. The van der Waals surface area contributed by atoms with Gasteiger partial charge in [0.1, 0.15) is 22.2 Å². The van der Waals surface area contributed by atoms with Crippen LogP contribution in [0, 0.1) is 6.92 Å². The molecule has 0 bridgehead atoms. The number of aliphatic hydroxyl groups is 1. The second kappa shape index (κ2) is 12.8. The fraction of sp³-hybridized carbons (Fsp3) is 0.667. The van der Waals surface area contributed by atoms with E-state index in [9.17, 15) is 18.3 Å². The van der Waals surface area contributed by atoms with E-state index in [2.05, 4.69) is 0 Å². The van der Waals surface area contributed by atoms with Crippen LogP contribution in [0.1, 0.15) is 63.4 Å². The minimum atomic E-state index is -3.14. The first kappa shape index (κ1) is 24.4. The smallest absolute Gasteiger partial charge is 0.303 e. The van der Waals surface area contributed by atoms with E-state index in [1.165, 1.54) is 6.26 Å². The Bertz CT molecular complexity index is 669. The van der Waals surface area contributed by atoms with E-state index in [-0.39, 0.29) is 13.0 Å². The number of carboxylic acid groups (broad SMARTS) is 1. The summed E-state index contributed by atoms with van der Waals surface area (Å²) in [6, 6.07) is 7.61. The van der Waals surface area contributed by atoms with Gasteiger partial charge in [-0.1, -0.05) is 37.0 Å². The Morgan fingerprint density at radius 3 is 2.21 bits per heavy atom. The molecule has 160 valence electrons. The van der Waals surface area contributed by atoms with Gasteiger partial charge in [-0.2, -0.15) is 0 Å². The van der Waals surface area contributed by atoms with Crippen molar-refractivity contribution in [2.75, 3.05) is 12.9 Å². The molecule has 0 radical (unpaired) electrons. The molecule has 1 rings (SSSR count). The third-order valence-electron chi connectivity index (χ3n) is 4.80. The lowest BCUT2D eigenvalue weighted by Gasteiger charge is -2.17. The number of benzene rings is 1. The number of aryl methyl sites for hydroxylation is 1. The van der Waals surface area contributed by atoms with Crippen LogP contribution in [0.15, 0.2) is 24.3 Å². The molecule has 1 aromatic rings. The number of carboxylic acids is 1. The Balaban J connectivity index is 2.26. The molecular weight excluding hydrogens is 380 g/mol. The number of hydrogen-bond acceptors (Lipinski definition) is 5. The minimum Gasteiger partial charge on any atom is -0.491 e. The summed E-state index contributed by atoms with van der Waals surface area (Å²) in [5.74, 6) is -0.0829. The van der Waals surface area contributed by atoms with E-state index in [0.29, 0.717) is 37.9 Å². The van der Waals surface area contributed by atoms with Gasteiger partial charge in [-0.05, 0) is 51.2 Å². The predicted octanol–water partition coefficient (Wildman–Crippen LogP) is 3.74. The zero-order valence-corrected chi connectivity index (χ0v) is 17.8. The van der Waals surface area contributed by atoms with Crippen molar-refractivity contribution in [3.05, 3.63) is 29.8 Å². The van der Waals surface area contributed by atoms with Gasteiger partial charge in [0, 0.05) is 12.7 Å².